The summed E-state index contributed by atoms with van der Waals surface area (Å²) in [6, 6.07) is 28.3. The van der Waals surface area contributed by atoms with Gasteiger partial charge >= 0.3 is 5.97 Å². The SMILES string of the molecule is CC(C)[C@@H](OC(=O)c1ccccc1P(c1ccccc1)c1ccccc1)[C@H](C)CC=O. The molecule has 160 valence electrons. The van der Waals surface area contributed by atoms with E-state index in [-0.39, 0.29) is 23.9 Å². The van der Waals surface area contributed by atoms with Gasteiger partial charge in [-0.3, -0.25) is 0 Å². The topological polar surface area (TPSA) is 43.4 Å². The second-order valence-corrected chi connectivity index (χ2v) is 10.2. The molecule has 0 aliphatic rings. The van der Waals surface area contributed by atoms with Gasteiger partial charge in [0.25, 0.3) is 0 Å². The van der Waals surface area contributed by atoms with E-state index in [1.807, 2.05) is 81.4 Å². The lowest BCUT2D eigenvalue weighted by molar-refractivity contribution is -0.109. The standard InChI is InChI=1S/C27H29O3P/c1-20(2)26(21(3)18-19-28)30-27(29)24-16-10-11-17-25(24)31(22-12-6-4-7-13-22)23-14-8-5-9-15-23/h4-17,19-21,26H,18H2,1-3H3/t21-,26-/m1/s1. The number of esters is 1. The molecular weight excluding hydrogens is 403 g/mol. The Morgan fingerprint density at radius 2 is 1.35 bits per heavy atom. The van der Waals surface area contributed by atoms with Crippen molar-refractivity contribution in [2.45, 2.75) is 33.3 Å². The maximum Gasteiger partial charge on any atom is 0.339 e. The molecule has 0 saturated heterocycles. The molecule has 3 aromatic carbocycles. The van der Waals surface area contributed by atoms with Crippen molar-refractivity contribution in [1.29, 1.82) is 0 Å². The summed E-state index contributed by atoms with van der Waals surface area (Å²) < 4.78 is 5.99. The molecule has 2 atom stereocenters. The summed E-state index contributed by atoms with van der Waals surface area (Å²) in [5, 5.41) is 3.34. The van der Waals surface area contributed by atoms with Crippen LogP contribution >= 0.6 is 7.92 Å². The lowest BCUT2D eigenvalue weighted by Crippen LogP contribution is -2.33. The molecule has 3 rings (SSSR count). The zero-order chi connectivity index (χ0) is 22.2. The monoisotopic (exact) mass is 432 g/mol. The first-order valence-corrected chi connectivity index (χ1v) is 12.0. The highest BCUT2D eigenvalue weighted by molar-refractivity contribution is 7.80. The van der Waals surface area contributed by atoms with E-state index in [1.54, 1.807) is 0 Å². The van der Waals surface area contributed by atoms with Gasteiger partial charge in [-0.2, -0.15) is 0 Å². The molecular formula is C27H29O3P. The summed E-state index contributed by atoms with van der Waals surface area (Å²) in [6.45, 7) is 6.00. The van der Waals surface area contributed by atoms with Crippen LogP contribution in [0.15, 0.2) is 84.9 Å². The van der Waals surface area contributed by atoms with Crippen molar-refractivity contribution in [3.05, 3.63) is 90.5 Å². The third kappa shape index (κ3) is 5.68. The normalized spacial score (nSPS) is 13.1. The molecule has 3 nitrogen and oxygen atoms in total. The molecule has 0 bridgehead atoms. The molecule has 0 spiro atoms. The third-order valence-corrected chi connectivity index (χ3v) is 7.82. The zero-order valence-electron chi connectivity index (χ0n) is 18.3. The number of hydrogen-bond acceptors (Lipinski definition) is 3. The Bertz CT molecular complexity index is 946. The van der Waals surface area contributed by atoms with Gasteiger partial charge < -0.3 is 9.53 Å². The van der Waals surface area contributed by atoms with E-state index in [2.05, 4.69) is 24.3 Å². The number of hydrogen-bond donors (Lipinski definition) is 0. The predicted octanol–water partition coefficient (Wildman–Crippen LogP) is 4.85. The van der Waals surface area contributed by atoms with Crippen LogP contribution in [-0.2, 0) is 9.53 Å². The van der Waals surface area contributed by atoms with Gasteiger partial charge in [-0.25, -0.2) is 4.79 Å². The van der Waals surface area contributed by atoms with E-state index in [9.17, 15) is 9.59 Å². The summed E-state index contributed by atoms with van der Waals surface area (Å²) in [4.78, 5) is 24.4. The highest BCUT2D eigenvalue weighted by Gasteiger charge is 2.28. The predicted molar refractivity (Wildman–Crippen MR) is 129 cm³/mol. The van der Waals surface area contributed by atoms with Gasteiger partial charge in [-0.1, -0.05) is 99.6 Å². The summed E-state index contributed by atoms with van der Waals surface area (Å²) in [6.07, 6.45) is 0.954. The van der Waals surface area contributed by atoms with E-state index in [1.165, 1.54) is 10.6 Å². The Labute approximate surface area is 186 Å². The van der Waals surface area contributed by atoms with Crippen molar-refractivity contribution >= 4 is 36.1 Å². The second kappa shape index (κ2) is 11.0. The van der Waals surface area contributed by atoms with Crippen LogP contribution < -0.4 is 15.9 Å². The Morgan fingerprint density at radius 1 is 0.839 bits per heavy atom. The van der Waals surface area contributed by atoms with Crippen LogP contribution in [0.4, 0.5) is 0 Å². The minimum absolute atomic E-state index is 0.0293. The van der Waals surface area contributed by atoms with Crippen molar-refractivity contribution < 1.29 is 14.3 Å². The molecule has 0 unspecified atom stereocenters. The molecule has 0 fully saturated rings. The van der Waals surface area contributed by atoms with Crippen molar-refractivity contribution in [3.8, 4) is 0 Å². The van der Waals surface area contributed by atoms with Crippen LogP contribution in [0, 0.1) is 11.8 Å². The zero-order valence-corrected chi connectivity index (χ0v) is 19.2. The van der Waals surface area contributed by atoms with Gasteiger partial charge in [0, 0.05) is 6.42 Å². The molecule has 31 heavy (non-hydrogen) atoms. The molecule has 0 aliphatic heterocycles. The van der Waals surface area contributed by atoms with E-state index in [0.717, 1.165) is 11.6 Å². The Hall–Kier alpha value is -2.77. The first-order valence-electron chi connectivity index (χ1n) is 10.7. The van der Waals surface area contributed by atoms with Crippen LogP contribution in [0.2, 0.25) is 0 Å². The minimum atomic E-state index is -0.919. The third-order valence-electron chi connectivity index (χ3n) is 5.32. The minimum Gasteiger partial charge on any atom is -0.458 e. The number of rotatable bonds is 9. The van der Waals surface area contributed by atoms with Crippen LogP contribution in [-0.4, -0.2) is 18.4 Å². The molecule has 0 N–H and O–H groups in total. The lowest BCUT2D eigenvalue weighted by atomic mass is 9.92. The van der Waals surface area contributed by atoms with Crippen molar-refractivity contribution in [2.24, 2.45) is 11.8 Å². The fraction of sp³-hybridized carbons (Fsp3) is 0.259. The first kappa shape index (κ1) is 22.9. The van der Waals surface area contributed by atoms with E-state index in [4.69, 9.17) is 4.74 Å². The highest BCUT2D eigenvalue weighted by atomic mass is 31.1. The van der Waals surface area contributed by atoms with Gasteiger partial charge in [-0.05, 0) is 41.7 Å². The maximum absolute atomic E-state index is 13.4. The largest absolute Gasteiger partial charge is 0.458 e. The van der Waals surface area contributed by atoms with Gasteiger partial charge in [0.05, 0.1) is 5.56 Å². The number of carbonyl (C=O) groups is 2. The van der Waals surface area contributed by atoms with Crippen LogP contribution in [0.3, 0.4) is 0 Å². The molecule has 0 aliphatic carbocycles. The Kier molecular flexibility index (Phi) is 8.14. The first-order chi connectivity index (χ1) is 15.0. The van der Waals surface area contributed by atoms with Crippen molar-refractivity contribution in [1.82, 2.24) is 0 Å². The summed E-state index contributed by atoms with van der Waals surface area (Å²) in [5.41, 5.74) is 0.588. The van der Waals surface area contributed by atoms with E-state index >= 15 is 0 Å². The summed E-state index contributed by atoms with van der Waals surface area (Å²) in [7, 11) is -0.919. The van der Waals surface area contributed by atoms with Gasteiger partial charge in [0.2, 0.25) is 0 Å². The molecule has 3 aromatic rings. The Balaban J connectivity index is 2.02. The molecule has 0 saturated carbocycles. The van der Waals surface area contributed by atoms with Crippen molar-refractivity contribution in [2.75, 3.05) is 0 Å². The van der Waals surface area contributed by atoms with Crippen molar-refractivity contribution in [3.63, 3.8) is 0 Å². The van der Waals surface area contributed by atoms with E-state index < -0.39 is 7.92 Å². The smallest absolute Gasteiger partial charge is 0.339 e. The van der Waals surface area contributed by atoms with Crippen LogP contribution in [0.5, 0.6) is 0 Å². The average Bonchev–Trinajstić information content (AvgIpc) is 2.79. The Morgan fingerprint density at radius 3 is 1.87 bits per heavy atom. The number of benzene rings is 3. The van der Waals surface area contributed by atoms with E-state index in [0.29, 0.717) is 12.0 Å². The van der Waals surface area contributed by atoms with Gasteiger partial charge in [-0.15, -0.1) is 0 Å². The number of carbonyl (C=O) groups excluding carboxylic acids is 2. The molecule has 4 heteroatoms. The fourth-order valence-corrected chi connectivity index (χ4v) is 6.24. The number of aldehydes is 1. The average molecular weight is 433 g/mol. The molecule has 0 amide bonds. The number of ether oxygens (including phenoxy) is 1. The summed E-state index contributed by atoms with van der Waals surface area (Å²) >= 11 is 0. The van der Waals surface area contributed by atoms with Crippen LogP contribution in [0.25, 0.3) is 0 Å². The lowest BCUT2D eigenvalue weighted by Gasteiger charge is -2.27. The molecule has 0 aromatic heterocycles. The quantitative estimate of drug-likeness (QED) is 0.276. The van der Waals surface area contributed by atoms with Gasteiger partial charge in [0.1, 0.15) is 12.4 Å². The maximum atomic E-state index is 13.4. The fourth-order valence-electron chi connectivity index (χ4n) is 3.80. The van der Waals surface area contributed by atoms with Crippen LogP contribution in [0.1, 0.15) is 37.6 Å². The summed E-state index contributed by atoms with van der Waals surface area (Å²) in [5.74, 6) is -0.236. The molecule has 0 heterocycles. The highest BCUT2D eigenvalue weighted by Crippen LogP contribution is 2.34. The van der Waals surface area contributed by atoms with Gasteiger partial charge in [0.15, 0.2) is 0 Å². The second-order valence-electron chi connectivity index (χ2n) is 8.02. The molecule has 0 radical (unpaired) electrons.